The van der Waals surface area contributed by atoms with E-state index >= 15 is 0 Å². The molecule has 1 heterocycles. The molecule has 1 aliphatic rings. The van der Waals surface area contributed by atoms with Gasteiger partial charge < -0.3 is 11.1 Å². The Balaban J connectivity index is 1.89. The van der Waals surface area contributed by atoms with Crippen molar-refractivity contribution in [3.8, 4) is 0 Å². The summed E-state index contributed by atoms with van der Waals surface area (Å²) in [5, 5.41) is 3.77. The van der Waals surface area contributed by atoms with E-state index in [0.29, 0.717) is 11.0 Å². The van der Waals surface area contributed by atoms with E-state index in [1.165, 1.54) is 12.8 Å². The molecule has 19 heavy (non-hydrogen) atoms. The van der Waals surface area contributed by atoms with Gasteiger partial charge in [0, 0.05) is 12.1 Å². The molecule has 3 N–H and O–H groups in total. The first kappa shape index (κ1) is 12.6. The van der Waals surface area contributed by atoms with Crippen molar-refractivity contribution >= 4 is 28.5 Å². The van der Waals surface area contributed by atoms with Gasteiger partial charge in [-0.1, -0.05) is 36.6 Å². The highest BCUT2D eigenvalue weighted by atomic mass is 35.5. The molecule has 0 amide bonds. The van der Waals surface area contributed by atoms with Crippen LogP contribution in [0.25, 0.3) is 11.0 Å². The highest BCUT2D eigenvalue weighted by Crippen LogP contribution is 2.25. The summed E-state index contributed by atoms with van der Waals surface area (Å²) in [6, 6.07) is 8.12. The van der Waals surface area contributed by atoms with Gasteiger partial charge in [0.15, 0.2) is 11.0 Å². The van der Waals surface area contributed by atoms with E-state index in [1.807, 2.05) is 24.3 Å². The smallest absolute Gasteiger partial charge is 0.172 e. The predicted molar refractivity (Wildman–Crippen MR) is 78.4 cm³/mol. The van der Waals surface area contributed by atoms with Crippen LogP contribution < -0.4 is 11.1 Å². The van der Waals surface area contributed by atoms with Crippen molar-refractivity contribution in [2.45, 2.75) is 37.8 Å². The number of hydrogen-bond donors (Lipinski definition) is 2. The maximum atomic E-state index is 6.19. The van der Waals surface area contributed by atoms with Gasteiger partial charge in [0.25, 0.3) is 0 Å². The van der Waals surface area contributed by atoms with Gasteiger partial charge >= 0.3 is 0 Å². The molecule has 2 aromatic rings. The van der Waals surface area contributed by atoms with Crippen LogP contribution in [0.3, 0.4) is 0 Å². The molecule has 1 fully saturated rings. The fraction of sp³-hybridized carbons (Fsp3) is 0.429. The number of para-hydroxylation sites is 2. The maximum Gasteiger partial charge on any atom is 0.172 e. The van der Waals surface area contributed by atoms with Crippen LogP contribution in [0.1, 0.15) is 25.7 Å². The maximum absolute atomic E-state index is 6.19. The minimum absolute atomic E-state index is 0.165. The van der Waals surface area contributed by atoms with Crippen molar-refractivity contribution in [2.75, 3.05) is 5.32 Å². The molecule has 5 heteroatoms. The van der Waals surface area contributed by atoms with Crippen LogP contribution in [0, 0.1) is 0 Å². The molecule has 4 nitrogen and oxygen atoms in total. The Morgan fingerprint density at radius 2 is 1.79 bits per heavy atom. The largest absolute Gasteiger partial charge is 0.363 e. The molecule has 1 saturated carbocycles. The third kappa shape index (κ3) is 2.65. The Morgan fingerprint density at radius 3 is 2.53 bits per heavy atom. The number of halogens is 1. The summed E-state index contributed by atoms with van der Waals surface area (Å²) in [5.41, 5.74) is 7.79. The topological polar surface area (TPSA) is 63.8 Å². The number of nitrogens with two attached hydrogens (primary N) is 1. The Labute approximate surface area is 117 Å². The van der Waals surface area contributed by atoms with Crippen molar-refractivity contribution in [3.05, 3.63) is 29.4 Å². The minimum atomic E-state index is 0.165. The van der Waals surface area contributed by atoms with Gasteiger partial charge in [0.2, 0.25) is 0 Å². The predicted octanol–water partition coefficient (Wildman–Crippen LogP) is 2.97. The molecule has 3 rings (SSSR count). The first-order valence-electron chi connectivity index (χ1n) is 6.68. The van der Waals surface area contributed by atoms with Crippen molar-refractivity contribution in [2.24, 2.45) is 5.73 Å². The van der Waals surface area contributed by atoms with Crippen LogP contribution in [0.5, 0.6) is 0 Å². The van der Waals surface area contributed by atoms with Gasteiger partial charge in [0.05, 0.1) is 11.0 Å². The number of fused-ring (bicyclic) bond motifs is 1. The molecule has 100 valence electrons. The number of anilines is 1. The van der Waals surface area contributed by atoms with Crippen molar-refractivity contribution in [1.29, 1.82) is 0 Å². The van der Waals surface area contributed by atoms with Gasteiger partial charge in [0.1, 0.15) is 0 Å². The molecule has 0 saturated heterocycles. The van der Waals surface area contributed by atoms with Crippen LogP contribution in [-0.4, -0.2) is 22.1 Å². The Morgan fingerprint density at radius 1 is 1.11 bits per heavy atom. The summed E-state index contributed by atoms with van der Waals surface area (Å²) in [4.78, 5) is 8.91. The van der Waals surface area contributed by atoms with E-state index < -0.39 is 0 Å². The van der Waals surface area contributed by atoms with Crippen LogP contribution >= 0.6 is 11.6 Å². The number of rotatable bonds is 2. The van der Waals surface area contributed by atoms with Crippen LogP contribution in [0.15, 0.2) is 24.3 Å². The normalized spacial score (nSPS) is 23.5. The first-order chi connectivity index (χ1) is 9.24. The molecular formula is C14H17ClN4. The molecular weight excluding hydrogens is 260 g/mol. The third-order valence-corrected chi connectivity index (χ3v) is 3.93. The Kier molecular flexibility index (Phi) is 3.53. The van der Waals surface area contributed by atoms with E-state index in [9.17, 15) is 0 Å². The lowest BCUT2D eigenvalue weighted by atomic mass is 9.91. The zero-order valence-corrected chi connectivity index (χ0v) is 11.4. The van der Waals surface area contributed by atoms with Crippen molar-refractivity contribution < 1.29 is 0 Å². The fourth-order valence-electron chi connectivity index (χ4n) is 2.58. The zero-order valence-electron chi connectivity index (χ0n) is 10.6. The standard InChI is InChI=1S/C14H17ClN4/c15-13-14(18-10-6-2-1-5-9(10)16)19-12-8-4-3-7-11(12)17-13/h3-4,7-10H,1-2,5-6,16H2,(H,18,19)/t9-,10-/m1/s1. The summed E-state index contributed by atoms with van der Waals surface area (Å²) in [5.74, 6) is 0.641. The lowest BCUT2D eigenvalue weighted by Gasteiger charge is -2.29. The minimum Gasteiger partial charge on any atom is -0.363 e. The van der Waals surface area contributed by atoms with E-state index in [2.05, 4.69) is 15.3 Å². The number of nitrogens with one attached hydrogen (secondary N) is 1. The molecule has 2 atom stereocenters. The summed E-state index contributed by atoms with van der Waals surface area (Å²) in [6.45, 7) is 0. The van der Waals surface area contributed by atoms with Gasteiger partial charge in [-0.2, -0.15) is 0 Å². The lowest BCUT2D eigenvalue weighted by Crippen LogP contribution is -2.42. The molecule has 1 aromatic heterocycles. The second-order valence-electron chi connectivity index (χ2n) is 5.05. The SMILES string of the molecule is N[C@@H]1CCCC[C@H]1Nc1nc2ccccc2nc1Cl. The van der Waals surface area contributed by atoms with Crippen molar-refractivity contribution in [3.63, 3.8) is 0 Å². The number of nitrogens with zero attached hydrogens (tertiary/aromatic N) is 2. The van der Waals surface area contributed by atoms with Crippen molar-refractivity contribution in [1.82, 2.24) is 9.97 Å². The Bertz CT molecular complexity index is 587. The lowest BCUT2D eigenvalue weighted by molar-refractivity contribution is 0.403. The summed E-state index contributed by atoms with van der Waals surface area (Å²) >= 11 is 6.19. The van der Waals surface area contributed by atoms with Crippen LogP contribution in [0.2, 0.25) is 5.15 Å². The summed E-state index contributed by atoms with van der Waals surface area (Å²) < 4.78 is 0. The highest BCUT2D eigenvalue weighted by Gasteiger charge is 2.23. The van der Waals surface area contributed by atoms with E-state index in [-0.39, 0.29) is 12.1 Å². The van der Waals surface area contributed by atoms with Gasteiger partial charge in [-0.15, -0.1) is 0 Å². The van der Waals surface area contributed by atoms with Crippen LogP contribution in [0.4, 0.5) is 5.82 Å². The first-order valence-corrected chi connectivity index (χ1v) is 7.06. The average Bonchev–Trinajstić information content (AvgIpc) is 2.42. The quantitative estimate of drug-likeness (QED) is 0.885. The molecule has 1 aliphatic carbocycles. The monoisotopic (exact) mass is 276 g/mol. The number of benzene rings is 1. The second kappa shape index (κ2) is 5.31. The summed E-state index contributed by atoms with van der Waals surface area (Å²) in [6.07, 6.45) is 4.52. The highest BCUT2D eigenvalue weighted by molar-refractivity contribution is 6.32. The van der Waals surface area contributed by atoms with Crippen LogP contribution in [-0.2, 0) is 0 Å². The van der Waals surface area contributed by atoms with E-state index in [1.54, 1.807) is 0 Å². The molecule has 0 unspecified atom stereocenters. The third-order valence-electron chi connectivity index (χ3n) is 3.67. The van der Waals surface area contributed by atoms with Gasteiger partial charge in [-0.25, -0.2) is 9.97 Å². The van der Waals surface area contributed by atoms with Gasteiger partial charge in [-0.05, 0) is 25.0 Å². The number of hydrogen-bond acceptors (Lipinski definition) is 4. The zero-order chi connectivity index (χ0) is 13.2. The van der Waals surface area contributed by atoms with E-state index in [4.69, 9.17) is 17.3 Å². The fourth-order valence-corrected chi connectivity index (χ4v) is 2.77. The Hall–Kier alpha value is -1.39. The molecule has 1 aromatic carbocycles. The molecule has 0 radical (unpaired) electrons. The van der Waals surface area contributed by atoms with Gasteiger partial charge in [-0.3, -0.25) is 0 Å². The second-order valence-corrected chi connectivity index (χ2v) is 5.41. The average molecular weight is 277 g/mol. The molecule has 0 bridgehead atoms. The van der Waals surface area contributed by atoms with E-state index in [0.717, 1.165) is 23.9 Å². The summed E-state index contributed by atoms with van der Waals surface area (Å²) in [7, 11) is 0. The molecule has 0 aliphatic heterocycles. The number of aromatic nitrogens is 2. The molecule has 0 spiro atoms.